The Morgan fingerprint density at radius 3 is 2.69 bits per heavy atom. The first kappa shape index (κ1) is 11.3. The van der Waals surface area contributed by atoms with E-state index in [4.69, 9.17) is 16.3 Å². The average Bonchev–Trinajstić information content (AvgIpc) is 2.82. The third-order valence-corrected chi connectivity index (χ3v) is 3.16. The molecule has 0 atom stereocenters. The third-order valence-electron chi connectivity index (χ3n) is 2.83. The molecule has 0 radical (unpaired) electrons. The Balaban J connectivity index is 2.30. The summed E-state index contributed by atoms with van der Waals surface area (Å²) in [5.41, 5.74) is 1.48. The monoisotopic (exact) mass is 239 g/mol. The largest absolute Gasteiger partial charge is 0.465 e. The molecule has 1 aromatic carbocycles. The van der Waals surface area contributed by atoms with Gasteiger partial charge in [0, 0.05) is 18.8 Å². The van der Waals surface area contributed by atoms with Gasteiger partial charge in [0.2, 0.25) is 0 Å². The van der Waals surface area contributed by atoms with E-state index in [1.165, 1.54) is 20.0 Å². The van der Waals surface area contributed by atoms with E-state index in [9.17, 15) is 4.79 Å². The van der Waals surface area contributed by atoms with Gasteiger partial charge in [-0.05, 0) is 31.0 Å². The van der Waals surface area contributed by atoms with Gasteiger partial charge in [-0.25, -0.2) is 4.79 Å². The maximum absolute atomic E-state index is 11.5. The second kappa shape index (κ2) is 4.74. The highest BCUT2D eigenvalue weighted by atomic mass is 35.5. The molecule has 0 N–H and O–H groups in total. The number of carbonyl (C=O) groups is 1. The van der Waals surface area contributed by atoms with Crippen molar-refractivity contribution in [1.29, 1.82) is 0 Å². The van der Waals surface area contributed by atoms with Crippen LogP contribution >= 0.6 is 11.6 Å². The molecule has 3 nitrogen and oxygen atoms in total. The maximum atomic E-state index is 11.5. The molecule has 0 bridgehead atoms. The summed E-state index contributed by atoms with van der Waals surface area (Å²) in [5.74, 6) is -0.383. The number of halogens is 1. The number of ether oxygens (including phenoxy) is 1. The van der Waals surface area contributed by atoms with Crippen LogP contribution in [0.3, 0.4) is 0 Å². The zero-order chi connectivity index (χ0) is 11.5. The molecule has 1 saturated heterocycles. The Bertz CT molecular complexity index is 400. The number of methoxy groups -OCH3 is 1. The second-order valence-electron chi connectivity index (χ2n) is 3.85. The number of benzene rings is 1. The van der Waals surface area contributed by atoms with Crippen molar-refractivity contribution in [3.05, 3.63) is 28.8 Å². The molecule has 0 unspecified atom stereocenters. The molecule has 1 heterocycles. The fourth-order valence-electron chi connectivity index (χ4n) is 1.95. The van der Waals surface area contributed by atoms with Gasteiger partial charge in [0.15, 0.2) is 0 Å². The summed E-state index contributed by atoms with van der Waals surface area (Å²) in [5, 5.41) is 0.440. The fraction of sp³-hybridized carbons (Fsp3) is 0.417. The maximum Gasteiger partial charge on any atom is 0.339 e. The van der Waals surface area contributed by atoms with Gasteiger partial charge in [-0.15, -0.1) is 0 Å². The van der Waals surface area contributed by atoms with Crippen LogP contribution in [0.15, 0.2) is 18.2 Å². The van der Waals surface area contributed by atoms with E-state index in [1.54, 1.807) is 12.1 Å². The zero-order valence-electron chi connectivity index (χ0n) is 9.20. The summed E-state index contributed by atoms with van der Waals surface area (Å²) >= 11 is 5.96. The average molecular weight is 240 g/mol. The van der Waals surface area contributed by atoms with Crippen molar-refractivity contribution in [2.24, 2.45) is 0 Å². The number of hydrogen-bond acceptors (Lipinski definition) is 3. The molecule has 1 aromatic rings. The van der Waals surface area contributed by atoms with Crippen molar-refractivity contribution < 1.29 is 9.53 Å². The molecule has 2 rings (SSSR count). The predicted octanol–water partition coefficient (Wildman–Crippen LogP) is 2.73. The van der Waals surface area contributed by atoms with Crippen LogP contribution in [0, 0.1) is 0 Å². The van der Waals surface area contributed by atoms with Crippen LogP contribution in [0.25, 0.3) is 0 Å². The first-order chi connectivity index (χ1) is 7.72. The van der Waals surface area contributed by atoms with E-state index in [0.29, 0.717) is 10.6 Å². The number of rotatable bonds is 2. The topological polar surface area (TPSA) is 29.5 Å². The molecule has 1 fully saturated rings. The van der Waals surface area contributed by atoms with Crippen molar-refractivity contribution in [2.75, 3.05) is 25.1 Å². The molecule has 0 saturated carbocycles. The smallest absolute Gasteiger partial charge is 0.339 e. The van der Waals surface area contributed by atoms with Gasteiger partial charge in [0.1, 0.15) is 0 Å². The van der Waals surface area contributed by atoms with Gasteiger partial charge < -0.3 is 9.64 Å². The van der Waals surface area contributed by atoms with Gasteiger partial charge in [-0.1, -0.05) is 11.6 Å². The molecule has 0 aliphatic carbocycles. The van der Waals surface area contributed by atoms with Gasteiger partial charge >= 0.3 is 5.97 Å². The van der Waals surface area contributed by atoms with E-state index in [-0.39, 0.29) is 5.97 Å². The molecule has 1 aliphatic rings. The first-order valence-electron chi connectivity index (χ1n) is 5.35. The van der Waals surface area contributed by atoms with Gasteiger partial charge in [-0.3, -0.25) is 0 Å². The van der Waals surface area contributed by atoms with Crippen LogP contribution in [0.5, 0.6) is 0 Å². The Kier molecular flexibility index (Phi) is 3.34. The fourth-order valence-corrected chi connectivity index (χ4v) is 2.15. The van der Waals surface area contributed by atoms with Crippen LogP contribution in [-0.2, 0) is 4.74 Å². The molecule has 1 aliphatic heterocycles. The number of anilines is 1. The van der Waals surface area contributed by atoms with Crippen molar-refractivity contribution in [1.82, 2.24) is 0 Å². The number of hydrogen-bond donors (Lipinski definition) is 0. The number of carbonyl (C=O) groups excluding carboxylic acids is 1. The lowest BCUT2D eigenvalue weighted by molar-refractivity contribution is 0.0601. The minimum atomic E-state index is -0.383. The molecule has 0 amide bonds. The summed E-state index contributed by atoms with van der Waals surface area (Å²) in [4.78, 5) is 13.7. The summed E-state index contributed by atoms with van der Waals surface area (Å²) in [6.07, 6.45) is 2.41. The molecular formula is C12H14ClNO2. The second-order valence-corrected chi connectivity index (χ2v) is 4.26. The summed E-state index contributed by atoms with van der Waals surface area (Å²) < 4.78 is 4.69. The van der Waals surface area contributed by atoms with Crippen molar-refractivity contribution in [3.63, 3.8) is 0 Å². The number of nitrogens with zero attached hydrogens (tertiary/aromatic N) is 1. The zero-order valence-corrected chi connectivity index (χ0v) is 9.96. The van der Waals surface area contributed by atoms with Crippen molar-refractivity contribution >= 4 is 23.3 Å². The number of esters is 1. The van der Waals surface area contributed by atoms with E-state index in [0.717, 1.165) is 18.8 Å². The van der Waals surface area contributed by atoms with E-state index < -0.39 is 0 Å². The van der Waals surface area contributed by atoms with Gasteiger partial charge in [-0.2, -0.15) is 0 Å². The summed E-state index contributed by atoms with van der Waals surface area (Å²) in [6.45, 7) is 2.09. The molecule has 0 aromatic heterocycles. The Labute approximate surface area is 100.0 Å². The van der Waals surface area contributed by atoms with Gasteiger partial charge in [0.05, 0.1) is 17.7 Å². The van der Waals surface area contributed by atoms with Crippen LogP contribution in [0.4, 0.5) is 5.69 Å². The van der Waals surface area contributed by atoms with Crippen LogP contribution in [0.2, 0.25) is 5.02 Å². The normalized spacial score (nSPS) is 15.2. The lowest BCUT2D eigenvalue weighted by Gasteiger charge is -2.18. The van der Waals surface area contributed by atoms with Crippen molar-refractivity contribution in [3.8, 4) is 0 Å². The minimum Gasteiger partial charge on any atom is -0.465 e. The van der Waals surface area contributed by atoms with E-state index in [1.807, 2.05) is 6.07 Å². The Morgan fingerprint density at radius 2 is 2.06 bits per heavy atom. The highest BCUT2D eigenvalue weighted by molar-refractivity contribution is 6.33. The van der Waals surface area contributed by atoms with Crippen molar-refractivity contribution in [2.45, 2.75) is 12.8 Å². The van der Waals surface area contributed by atoms with Crippen LogP contribution in [-0.4, -0.2) is 26.2 Å². The summed E-state index contributed by atoms with van der Waals surface area (Å²) in [6, 6.07) is 5.50. The Morgan fingerprint density at radius 1 is 1.38 bits per heavy atom. The SMILES string of the molecule is COC(=O)c1cc(N2CCCC2)ccc1Cl. The molecule has 0 spiro atoms. The molecule has 86 valence electrons. The van der Waals surface area contributed by atoms with Crippen LogP contribution in [0.1, 0.15) is 23.2 Å². The third kappa shape index (κ3) is 2.14. The molecular weight excluding hydrogens is 226 g/mol. The van der Waals surface area contributed by atoms with Gasteiger partial charge in [0.25, 0.3) is 0 Å². The summed E-state index contributed by atoms with van der Waals surface area (Å²) in [7, 11) is 1.36. The van der Waals surface area contributed by atoms with Crippen LogP contribution < -0.4 is 4.90 Å². The lowest BCUT2D eigenvalue weighted by atomic mass is 10.2. The Hall–Kier alpha value is -1.22. The predicted molar refractivity (Wildman–Crippen MR) is 64.2 cm³/mol. The highest BCUT2D eigenvalue weighted by Gasteiger charge is 2.16. The quantitative estimate of drug-likeness (QED) is 0.744. The minimum absolute atomic E-state index is 0.383. The van der Waals surface area contributed by atoms with E-state index >= 15 is 0 Å². The standard InChI is InChI=1S/C12H14ClNO2/c1-16-12(15)10-8-9(4-5-11(10)13)14-6-2-3-7-14/h4-5,8H,2-3,6-7H2,1H3. The first-order valence-corrected chi connectivity index (χ1v) is 5.73. The van der Waals surface area contributed by atoms with E-state index in [2.05, 4.69) is 4.90 Å². The highest BCUT2D eigenvalue weighted by Crippen LogP contribution is 2.26. The lowest BCUT2D eigenvalue weighted by Crippen LogP contribution is -2.18. The molecule has 16 heavy (non-hydrogen) atoms. The molecule has 4 heteroatoms.